The van der Waals surface area contributed by atoms with Gasteiger partial charge >= 0.3 is 0 Å². The molecule has 0 bridgehead atoms. The second kappa shape index (κ2) is 6.20. The van der Waals surface area contributed by atoms with Gasteiger partial charge in [0.15, 0.2) is 0 Å². The average Bonchev–Trinajstić information content (AvgIpc) is 2.30. The smallest absolute Gasteiger partial charge is 0.237 e. The first-order valence-corrected chi connectivity index (χ1v) is 6.31. The molecule has 0 aliphatic rings. The predicted octanol–water partition coefficient (Wildman–Crippen LogP) is 2.28. The van der Waals surface area contributed by atoms with E-state index < -0.39 is 0 Å². The fourth-order valence-corrected chi connectivity index (χ4v) is 1.22. The molecule has 1 heterocycles. The number of ether oxygens (including phenoxy) is 1. The Morgan fingerprint density at radius 1 is 1.44 bits per heavy atom. The van der Waals surface area contributed by atoms with Gasteiger partial charge in [0.25, 0.3) is 0 Å². The number of likely N-dealkylation sites (N-methyl/N-ethyl adjacent to an activating group) is 1. The van der Waals surface area contributed by atoms with E-state index in [1.807, 2.05) is 21.0 Å². The average molecular weight is 273 g/mol. The van der Waals surface area contributed by atoms with Gasteiger partial charge in [0.1, 0.15) is 11.6 Å². The molecule has 1 aromatic rings. The minimum absolute atomic E-state index is 0.0906. The van der Waals surface area contributed by atoms with Gasteiger partial charge in [-0.1, -0.05) is 11.6 Å². The highest BCUT2D eigenvalue weighted by atomic mass is 35.5. The van der Waals surface area contributed by atoms with Crippen molar-refractivity contribution in [3.8, 4) is 5.88 Å². The molecule has 1 aromatic heterocycles. The zero-order chi connectivity index (χ0) is 13.8. The first kappa shape index (κ1) is 15.0. The van der Waals surface area contributed by atoms with E-state index >= 15 is 0 Å². The maximum atomic E-state index is 6.01. The van der Waals surface area contributed by atoms with Crippen LogP contribution in [-0.4, -0.2) is 47.7 Å². The van der Waals surface area contributed by atoms with Gasteiger partial charge in [0.05, 0.1) is 6.20 Å². The molecule has 0 spiro atoms. The highest BCUT2D eigenvalue weighted by Crippen LogP contribution is 2.23. The van der Waals surface area contributed by atoms with Crippen molar-refractivity contribution in [2.24, 2.45) is 0 Å². The summed E-state index contributed by atoms with van der Waals surface area (Å²) in [6.07, 6.45) is 1.55. The van der Waals surface area contributed by atoms with Crippen molar-refractivity contribution in [2.75, 3.05) is 32.6 Å². The van der Waals surface area contributed by atoms with Crippen molar-refractivity contribution in [3.05, 3.63) is 11.2 Å². The van der Waals surface area contributed by atoms with Crippen molar-refractivity contribution >= 4 is 17.5 Å². The Bertz CT molecular complexity index is 396. The molecule has 6 heteroatoms. The van der Waals surface area contributed by atoms with Gasteiger partial charge in [-0.2, -0.15) is 4.98 Å². The molecule has 0 unspecified atom stereocenters. The van der Waals surface area contributed by atoms with Crippen molar-refractivity contribution in [1.82, 2.24) is 14.9 Å². The van der Waals surface area contributed by atoms with Gasteiger partial charge in [0.2, 0.25) is 11.8 Å². The van der Waals surface area contributed by atoms with E-state index in [0.29, 0.717) is 23.5 Å². The summed E-state index contributed by atoms with van der Waals surface area (Å²) in [7, 11) is 4.02. The summed E-state index contributed by atoms with van der Waals surface area (Å²) in [5.41, 5.74) is -0.0906. The van der Waals surface area contributed by atoms with E-state index in [4.69, 9.17) is 16.3 Å². The van der Waals surface area contributed by atoms with E-state index in [0.717, 1.165) is 6.54 Å². The van der Waals surface area contributed by atoms with Crippen LogP contribution in [0.5, 0.6) is 5.88 Å². The Labute approximate surface area is 114 Å². The number of anilines is 1. The molecular weight excluding hydrogens is 252 g/mol. The number of hydrogen-bond acceptors (Lipinski definition) is 5. The molecule has 0 fully saturated rings. The number of nitrogens with zero attached hydrogens (tertiary/aromatic N) is 3. The Morgan fingerprint density at radius 3 is 2.67 bits per heavy atom. The van der Waals surface area contributed by atoms with Gasteiger partial charge in [-0.15, -0.1) is 0 Å². The number of rotatable bonds is 6. The molecule has 1 rings (SSSR count). The van der Waals surface area contributed by atoms with Gasteiger partial charge in [-0.3, -0.25) is 0 Å². The second-order valence-corrected chi connectivity index (χ2v) is 5.28. The van der Waals surface area contributed by atoms with Crippen LogP contribution < -0.4 is 10.1 Å². The fourth-order valence-electron chi connectivity index (χ4n) is 1.07. The van der Waals surface area contributed by atoms with Crippen LogP contribution in [0.2, 0.25) is 5.02 Å². The summed E-state index contributed by atoms with van der Waals surface area (Å²) in [4.78, 5) is 10.4. The SMILES string of the molecule is CCNc1ncc(Cl)c(OCC(C)(C)N(C)C)n1. The van der Waals surface area contributed by atoms with Crippen molar-refractivity contribution in [1.29, 1.82) is 0 Å². The van der Waals surface area contributed by atoms with E-state index in [-0.39, 0.29) is 5.54 Å². The zero-order valence-electron chi connectivity index (χ0n) is 11.6. The lowest BCUT2D eigenvalue weighted by molar-refractivity contribution is 0.111. The molecule has 102 valence electrons. The molecule has 0 aliphatic carbocycles. The summed E-state index contributed by atoms with van der Waals surface area (Å²) in [6.45, 7) is 7.42. The second-order valence-electron chi connectivity index (χ2n) is 4.87. The van der Waals surface area contributed by atoms with Crippen LogP contribution in [-0.2, 0) is 0 Å². The number of hydrogen-bond donors (Lipinski definition) is 1. The molecule has 0 atom stereocenters. The summed E-state index contributed by atoms with van der Waals surface area (Å²) in [5, 5.41) is 3.45. The minimum atomic E-state index is -0.0906. The van der Waals surface area contributed by atoms with Crippen molar-refractivity contribution < 1.29 is 4.74 Å². The first-order valence-electron chi connectivity index (χ1n) is 5.93. The van der Waals surface area contributed by atoms with Crippen LogP contribution in [0.1, 0.15) is 20.8 Å². The van der Waals surface area contributed by atoms with E-state index in [1.165, 1.54) is 0 Å². The standard InChI is InChI=1S/C12H21ClN4O/c1-6-14-11-15-7-9(13)10(16-11)18-8-12(2,3)17(4)5/h7H,6,8H2,1-5H3,(H,14,15,16). The molecule has 0 saturated carbocycles. The molecule has 0 saturated heterocycles. The Morgan fingerprint density at radius 2 is 2.11 bits per heavy atom. The summed E-state index contributed by atoms with van der Waals surface area (Å²) in [5.74, 6) is 0.942. The molecule has 0 amide bonds. The van der Waals surface area contributed by atoms with Gasteiger partial charge < -0.3 is 15.0 Å². The monoisotopic (exact) mass is 272 g/mol. The van der Waals surface area contributed by atoms with Crippen LogP contribution in [0.25, 0.3) is 0 Å². The Kier molecular flexibility index (Phi) is 5.16. The molecule has 0 aromatic carbocycles. The largest absolute Gasteiger partial charge is 0.475 e. The Balaban J connectivity index is 2.75. The lowest BCUT2D eigenvalue weighted by Crippen LogP contribution is -2.43. The summed E-state index contributed by atoms with van der Waals surface area (Å²) < 4.78 is 5.69. The lowest BCUT2D eigenvalue weighted by atomic mass is 10.1. The van der Waals surface area contributed by atoms with Crippen LogP contribution in [0.3, 0.4) is 0 Å². The minimum Gasteiger partial charge on any atom is -0.475 e. The Hall–Kier alpha value is -1.07. The highest BCUT2D eigenvalue weighted by molar-refractivity contribution is 6.31. The van der Waals surface area contributed by atoms with E-state index in [2.05, 4.69) is 34.0 Å². The molecular formula is C12H21ClN4O. The third-order valence-electron chi connectivity index (χ3n) is 2.82. The normalized spacial score (nSPS) is 11.7. The third kappa shape index (κ3) is 3.99. The maximum absolute atomic E-state index is 6.01. The van der Waals surface area contributed by atoms with Gasteiger partial charge in [-0.05, 0) is 34.9 Å². The maximum Gasteiger partial charge on any atom is 0.237 e. The van der Waals surface area contributed by atoms with Gasteiger partial charge in [-0.25, -0.2) is 4.98 Å². The molecule has 5 nitrogen and oxygen atoms in total. The van der Waals surface area contributed by atoms with Crippen molar-refractivity contribution in [2.45, 2.75) is 26.3 Å². The van der Waals surface area contributed by atoms with Crippen LogP contribution in [0, 0.1) is 0 Å². The molecule has 0 radical (unpaired) electrons. The lowest BCUT2D eigenvalue weighted by Gasteiger charge is -2.31. The topological polar surface area (TPSA) is 50.3 Å². The number of aromatic nitrogens is 2. The van der Waals surface area contributed by atoms with Crippen LogP contribution in [0.4, 0.5) is 5.95 Å². The number of nitrogens with one attached hydrogen (secondary N) is 1. The summed E-state index contributed by atoms with van der Waals surface area (Å²) in [6, 6.07) is 0. The third-order valence-corrected chi connectivity index (χ3v) is 3.08. The molecule has 18 heavy (non-hydrogen) atoms. The van der Waals surface area contributed by atoms with Crippen molar-refractivity contribution in [3.63, 3.8) is 0 Å². The summed E-state index contributed by atoms with van der Waals surface area (Å²) >= 11 is 6.01. The number of halogens is 1. The fraction of sp³-hybridized carbons (Fsp3) is 0.667. The zero-order valence-corrected chi connectivity index (χ0v) is 12.4. The predicted molar refractivity (Wildman–Crippen MR) is 74.5 cm³/mol. The highest BCUT2D eigenvalue weighted by Gasteiger charge is 2.22. The van der Waals surface area contributed by atoms with E-state index in [1.54, 1.807) is 6.20 Å². The molecule has 1 N–H and O–H groups in total. The van der Waals surface area contributed by atoms with Crippen LogP contribution in [0.15, 0.2) is 6.20 Å². The molecule has 0 aliphatic heterocycles. The quantitative estimate of drug-likeness (QED) is 0.861. The van der Waals surface area contributed by atoms with E-state index in [9.17, 15) is 0 Å². The van der Waals surface area contributed by atoms with Gasteiger partial charge in [0, 0.05) is 12.1 Å². The van der Waals surface area contributed by atoms with Crippen LogP contribution >= 0.6 is 11.6 Å². The first-order chi connectivity index (χ1) is 8.36.